The van der Waals surface area contributed by atoms with Gasteiger partial charge in [0.2, 0.25) is 0 Å². The van der Waals surface area contributed by atoms with Crippen LogP contribution in [0.2, 0.25) is 10.3 Å². The molecule has 6 unspecified atom stereocenters. The number of aromatic nitrogens is 8. The van der Waals surface area contributed by atoms with E-state index in [-0.39, 0.29) is 91.3 Å². The Labute approximate surface area is 765 Å². The Balaban J connectivity index is 0.000000158. The maximum Gasteiger partial charge on any atom is 0.313 e. The maximum atomic E-state index is 12.1. The van der Waals surface area contributed by atoms with Gasteiger partial charge in [0.25, 0.3) is 11.1 Å². The summed E-state index contributed by atoms with van der Waals surface area (Å²) in [6.07, 6.45) is 17.7. The summed E-state index contributed by atoms with van der Waals surface area (Å²) < 4.78 is 73.1. The lowest BCUT2D eigenvalue weighted by Gasteiger charge is -2.14. The molecule has 31 heteroatoms. The highest BCUT2D eigenvalue weighted by atomic mass is 35.5. The van der Waals surface area contributed by atoms with Crippen LogP contribution in [-0.4, -0.2) is 191 Å². The summed E-state index contributed by atoms with van der Waals surface area (Å²) in [5, 5.41) is 9.90. The lowest BCUT2D eigenvalue weighted by atomic mass is 10.1. The molecule has 11 aromatic rings. The Morgan fingerprint density at radius 1 is 0.411 bits per heavy atom. The van der Waals surface area contributed by atoms with Gasteiger partial charge < -0.3 is 76.7 Å². The van der Waals surface area contributed by atoms with Crippen molar-refractivity contribution in [1.82, 2.24) is 39.9 Å². The second-order valence-corrected chi connectivity index (χ2v) is 31.1. The first-order valence-corrected chi connectivity index (χ1v) is 43.9. The number of halogens is 2. The monoisotopic (exact) mass is 1820 g/mol. The molecule has 4 aromatic heterocycles. The molecule has 17 rings (SSSR count). The van der Waals surface area contributed by atoms with Gasteiger partial charge in [-0.05, 0) is 195 Å². The number of para-hydroxylation sites is 7. The van der Waals surface area contributed by atoms with Gasteiger partial charge in [0.05, 0.1) is 89.0 Å². The van der Waals surface area contributed by atoms with E-state index in [1.54, 1.807) is 74.5 Å². The molecule has 0 radical (unpaired) electrons. The highest BCUT2D eigenvalue weighted by Gasteiger charge is 2.25. The molecule has 0 amide bonds. The van der Waals surface area contributed by atoms with Crippen LogP contribution in [0.1, 0.15) is 143 Å². The fourth-order valence-electron chi connectivity index (χ4n) is 14.0. The highest BCUT2D eigenvalue weighted by molar-refractivity contribution is 7.71. The van der Waals surface area contributed by atoms with Gasteiger partial charge in [-0.15, -0.1) is 0 Å². The number of rotatable bonds is 28. The van der Waals surface area contributed by atoms with Gasteiger partial charge in [0.15, 0.2) is 22.1 Å². The fraction of sp³-hybridized carbons (Fsp3) is 0.367. The zero-order valence-electron chi connectivity index (χ0n) is 71.7. The maximum absolute atomic E-state index is 12.1. The highest BCUT2D eigenvalue weighted by Crippen LogP contribution is 2.35. The van der Waals surface area contributed by atoms with Crippen molar-refractivity contribution in [2.45, 2.75) is 148 Å². The average Bonchev–Trinajstić information content (AvgIpc) is 1.65. The van der Waals surface area contributed by atoms with Crippen molar-refractivity contribution >= 4 is 58.7 Å². The van der Waals surface area contributed by atoms with E-state index >= 15 is 0 Å². The molecule has 6 saturated heterocycles. The summed E-state index contributed by atoms with van der Waals surface area (Å²) in [6, 6.07) is 57.9. The Bertz CT molecular complexity index is 5380. The fourth-order valence-corrected chi connectivity index (χ4v) is 14.5. The molecule has 6 atom stereocenters. The van der Waals surface area contributed by atoms with Gasteiger partial charge in [0, 0.05) is 86.2 Å². The molecule has 0 bridgehead atoms. The van der Waals surface area contributed by atoms with E-state index in [0.717, 1.165) is 168 Å². The Kier molecular flexibility index (Phi) is 41.4. The van der Waals surface area contributed by atoms with E-state index in [0.29, 0.717) is 100 Å². The molecule has 7 aromatic carbocycles. The van der Waals surface area contributed by atoms with Gasteiger partial charge in [-0.25, -0.2) is 24.9 Å². The third kappa shape index (κ3) is 33.0. The molecule has 0 spiro atoms. The normalized spacial score (nSPS) is 17.3. The second kappa shape index (κ2) is 53.8. The van der Waals surface area contributed by atoms with Gasteiger partial charge in [-0.1, -0.05) is 116 Å². The molecular formula is C98H110Cl2N8O20S. The topological polar surface area (TPSA) is 354 Å². The van der Waals surface area contributed by atoms with Crippen LogP contribution >= 0.6 is 35.4 Å². The van der Waals surface area contributed by atoms with Crippen LogP contribution in [0.3, 0.4) is 0 Å². The van der Waals surface area contributed by atoms with E-state index in [4.69, 9.17) is 102 Å². The minimum absolute atomic E-state index is 0. The number of aromatic amines is 3. The summed E-state index contributed by atoms with van der Waals surface area (Å²) in [5.74, 6) is 3.32. The van der Waals surface area contributed by atoms with Gasteiger partial charge in [-0.3, -0.25) is 33.8 Å². The van der Waals surface area contributed by atoms with Gasteiger partial charge in [-0.2, -0.15) is 0 Å². The summed E-state index contributed by atoms with van der Waals surface area (Å²) in [4.78, 5) is 97.0. The van der Waals surface area contributed by atoms with E-state index < -0.39 is 5.97 Å². The summed E-state index contributed by atoms with van der Waals surface area (Å²) >= 11 is 16.8. The first-order valence-electron chi connectivity index (χ1n) is 42.7. The summed E-state index contributed by atoms with van der Waals surface area (Å²) in [5.41, 5.74) is 7.23. The quantitative estimate of drug-likeness (QED) is 0.0116. The number of esters is 1. The molecule has 6 aliphatic heterocycles. The number of aromatic hydroxyl groups is 1. The number of phenolic OH excluding ortho intramolecular Hbond substituents is 1. The molecular weight excluding hydrogens is 1710 g/mol. The summed E-state index contributed by atoms with van der Waals surface area (Å²) in [7, 11) is 0. The van der Waals surface area contributed by atoms with Crippen molar-refractivity contribution in [2.24, 2.45) is 0 Å². The van der Waals surface area contributed by atoms with E-state index in [1.165, 1.54) is 44.1 Å². The largest absolute Gasteiger partial charge is 0.507 e. The zero-order valence-corrected chi connectivity index (χ0v) is 74.0. The van der Waals surface area contributed by atoms with Crippen molar-refractivity contribution in [3.05, 3.63) is 266 Å². The number of nitrogens with zero attached hydrogens (tertiary/aromatic N) is 5. The second-order valence-electron chi connectivity index (χ2n) is 29.9. The third-order valence-electron chi connectivity index (χ3n) is 20.4. The number of hydrogen-bond acceptors (Lipinski definition) is 26. The van der Waals surface area contributed by atoms with Crippen molar-refractivity contribution in [2.75, 3.05) is 85.9 Å². The number of ketones is 3. The predicted octanol–water partition coefficient (Wildman–Crippen LogP) is 18.4. The van der Waals surface area contributed by atoms with Gasteiger partial charge in [0.1, 0.15) is 109 Å². The molecule has 6 aliphatic rings. The Morgan fingerprint density at radius 3 is 1.09 bits per heavy atom. The van der Waals surface area contributed by atoms with Gasteiger partial charge >= 0.3 is 5.97 Å². The lowest BCUT2D eigenvalue weighted by molar-refractivity contribution is -0.142. The van der Waals surface area contributed by atoms with Crippen LogP contribution in [0.25, 0.3) is 45.0 Å². The van der Waals surface area contributed by atoms with Crippen molar-refractivity contribution in [1.29, 1.82) is 0 Å². The third-order valence-corrected chi connectivity index (χ3v) is 21.0. The minimum atomic E-state index is -0.517. The van der Waals surface area contributed by atoms with Crippen LogP contribution in [-0.2, 0) is 38.0 Å². The van der Waals surface area contributed by atoms with Crippen LogP contribution in [0.15, 0.2) is 223 Å². The minimum Gasteiger partial charge on any atom is -0.507 e. The first-order chi connectivity index (χ1) is 62.4. The van der Waals surface area contributed by atoms with Crippen LogP contribution in [0.5, 0.6) is 40.2 Å². The van der Waals surface area contributed by atoms with Crippen LogP contribution < -0.4 is 39.5 Å². The molecule has 129 heavy (non-hydrogen) atoms. The Morgan fingerprint density at radius 2 is 0.744 bits per heavy atom. The number of hydrogen-bond donors (Lipinski definition) is 4. The number of ether oxygens (including phenoxy) is 13. The molecule has 4 N–H and O–H groups in total. The Hall–Kier alpha value is -11.9. The lowest BCUT2D eigenvalue weighted by Crippen LogP contribution is -2.18. The molecule has 10 heterocycles. The zero-order chi connectivity index (χ0) is 90.0. The molecule has 0 saturated carbocycles. The number of Topliss-reactive ketones (excluding diaryl/α,β-unsaturated/α-hetero) is 3. The van der Waals surface area contributed by atoms with Crippen molar-refractivity contribution in [3.63, 3.8) is 0 Å². The average molecular weight is 1820 g/mol. The van der Waals surface area contributed by atoms with E-state index in [1.807, 2.05) is 115 Å². The van der Waals surface area contributed by atoms with Crippen LogP contribution in [0.4, 0.5) is 0 Å². The predicted molar refractivity (Wildman–Crippen MR) is 493 cm³/mol. The van der Waals surface area contributed by atoms with Crippen LogP contribution in [0, 0.1) is 4.77 Å². The first kappa shape index (κ1) is 99.3. The van der Waals surface area contributed by atoms with E-state index in [9.17, 15) is 28.8 Å². The smallest absolute Gasteiger partial charge is 0.313 e. The number of carbonyl (C=O) groups is 4. The number of benzene rings is 7. The molecule has 682 valence electrons. The number of H-pyrrole nitrogens is 3. The van der Waals surface area contributed by atoms with Crippen molar-refractivity contribution in [3.8, 4) is 85.3 Å². The molecule has 28 nitrogen and oxygen atoms in total. The summed E-state index contributed by atoms with van der Waals surface area (Å²) in [6.45, 7) is 12.9. The SMILES string of the molecule is C.CC(=O)c1ccccc1O.CC(=O)c1ccccc1OCC1CCCO1.CCOC(=O)CC(=O)c1ccccc1OCC1CCCO1.Clc1cc(-c2ccccc2OCC2CCCO2)ncn1.Clc1cc(-c2ccccc2OCC2CCCO2)ncn1.O=c1cc(-c2ccccc2OCC2CCCO2)[nH]c(=S)[nH]1.O=c1cc(-c2ccccc2OCC2CCCO2)nc[nH]1. The molecule has 0 aliphatic carbocycles. The van der Waals surface area contributed by atoms with Crippen molar-refractivity contribution < 1.29 is 85.9 Å². The number of nitrogens with one attached hydrogen (secondary N) is 3. The standard InChI is InChI=1S/C16H20O5.2C15H15ClN2O2.C15H16N2O3S.C15H16N2O3.C13H16O3.C8H8O2.CH4/c1-2-19-16(18)10-14(17)13-7-3-4-8-15(13)21-11-12-6-5-9-20-12;2*16-15-8-13(17-10-18-15)12-5-1-2-6-14(12)20-9-11-4-3-7-19-11;18-14-8-12(16-15(21)17-14)11-5-1-2-6-13(11)20-9-10-4-3-7-19-10;18-15-8-13(16-10-17-15)12-5-1-2-6-14(12)20-9-11-4-3-7-19-11;1-10(14)12-6-2-3-7-13(12)16-9-11-5-4-8-15-11;1-6(9)7-4-2-3-5-8(7)10;/h3-4,7-8,12H,2,5-6,9-11H2,1H3;2*1-2,5-6,8,10-11H,3-4,7,9H2;1-2,5-6,8,10H,3-4,7,9H2,(H2,16,17,18,21);1-2,5-6,8,10-11H,3-4,7,9H2,(H,16,17,18);2-3,6-7,11H,4-5,8-9H2,1H3;2-5,10H,1H3;1H4. The number of phenols is 1. The van der Waals surface area contributed by atoms with E-state index in [2.05, 4.69) is 39.9 Å². The number of carbonyl (C=O) groups excluding carboxylic acids is 4. The molecule has 6 fully saturated rings.